The molecule has 2 rings (SSSR count). The number of non-ortho nitro benzene ring substituents is 1. The number of rotatable bonds is 5. The van der Waals surface area contributed by atoms with Crippen LogP contribution in [0.4, 0.5) is 14.5 Å². The van der Waals surface area contributed by atoms with Crippen molar-refractivity contribution in [3.63, 3.8) is 0 Å². The van der Waals surface area contributed by atoms with Crippen LogP contribution >= 0.6 is 0 Å². The summed E-state index contributed by atoms with van der Waals surface area (Å²) in [4.78, 5) is 10.0. The predicted molar refractivity (Wildman–Crippen MR) is 69.7 cm³/mol. The van der Waals surface area contributed by atoms with Crippen molar-refractivity contribution in [3.05, 3.63) is 69.3 Å². The van der Waals surface area contributed by atoms with Gasteiger partial charge in [-0.05, 0) is 24.3 Å². The summed E-state index contributed by atoms with van der Waals surface area (Å²) in [6.07, 6.45) is 0. The van der Waals surface area contributed by atoms with Crippen molar-refractivity contribution in [2.75, 3.05) is 0 Å². The van der Waals surface area contributed by atoms with E-state index in [9.17, 15) is 24.0 Å². The van der Waals surface area contributed by atoms with Gasteiger partial charge in [0.2, 0.25) is 0 Å². The summed E-state index contributed by atoms with van der Waals surface area (Å²) in [7, 11) is 0. The van der Waals surface area contributed by atoms with Crippen LogP contribution in [0.3, 0.4) is 0 Å². The molecule has 0 aliphatic carbocycles. The van der Waals surface area contributed by atoms with E-state index in [4.69, 9.17) is 4.74 Å². The first-order valence-electron chi connectivity index (χ1n) is 5.96. The molecule has 0 saturated heterocycles. The number of aliphatic hydroxyl groups is 1. The average Bonchev–Trinajstić information content (AvgIpc) is 2.47. The van der Waals surface area contributed by atoms with Crippen LogP contribution in [-0.4, -0.2) is 10.0 Å². The molecule has 0 heterocycles. The lowest BCUT2D eigenvalue weighted by Gasteiger charge is -2.10. The summed E-state index contributed by atoms with van der Waals surface area (Å²) in [5.41, 5.74) is 0.0154. The van der Waals surface area contributed by atoms with Gasteiger partial charge >= 0.3 is 0 Å². The van der Waals surface area contributed by atoms with Gasteiger partial charge in [0.1, 0.15) is 24.0 Å². The molecule has 5 nitrogen and oxygen atoms in total. The number of hydrogen-bond donors (Lipinski definition) is 1. The second-order valence-electron chi connectivity index (χ2n) is 4.23. The fraction of sp³-hybridized carbons (Fsp3) is 0.143. The van der Waals surface area contributed by atoms with Crippen LogP contribution < -0.4 is 4.74 Å². The maximum atomic E-state index is 13.4. The van der Waals surface area contributed by atoms with Crippen LogP contribution in [0, 0.1) is 21.7 Å². The van der Waals surface area contributed by atoms with E-state index in [1.54, 1.807) is 0 Å². The van der Waals surface area contributed by atoms with Crippen molar-refractivity contribution in [3.8, 4) is 5.75 Å². The van der Waals surface area contributed by atoms with E-state index in [1.807, 2.05) is 0 Å². The summed E-state index contributed by atoms with van der Waals surface area (Å²) in [5, 5.41) is 19.8. The minimum atomic E-state index is -0.621. The summed E-state index contributed by atoms with van der Waals surface area (Å²) in [6.45, 7) is -0.725. The Hall–Kier alpha value is -2.54. The minimum Gasteiger partial charge on any atom is -0.488 e. The van der Waals surface area contributed by atoms with Crippen molar-refractivity contribution >= 4 is 5.69 Å². The summed E-state index contributed by atoms with van der Waals surface area (Å²) < 4.78 is 31.8. The van der Waals surface area contributed by atoms with Crippen molar-refractivity contribution < 1.29 is 23.5 Å². The van der Waals surface area contributed by atoms with Gasteiger partial charge in [-0.25, -0.2) is 8.78 Å². The van der Waals surface area contributed by atoms with Gasteiger partial charge < -0.3 is 9.84 Å². The molecule has 0 fully saturated rings. The molecule has 0 amide bonds. The molecule has 0 saturated carbocycles. The lowest BCUT2D eigenvalue weighted by Crippen LogP contribution is -2.02. The van der Waals surface area contributed by atoms with Crippen molar-refractivity contribution in [2.24, 2.45) is 0 Å². The van der Waals surface area contributed by atoms with Crippen LogP contribution in [0.1, 0.15) is 11.1 Å². The van der Waals surface area contributed by atoms with Crippen LogP contribution in [0.5, 0.6) is 5.75 Å². The standard InChI is InChI=1S/C14H11F2NO4/c15-11-1-3-13(16)10(5-11)8-21-14-4-2-12(17(19)20)6-9(14)7-18/h1-6,18H,7-8H2. The molecule has 0 unspecified atom stereocenters. The number of nitro groups is 1. The van der Waals surface area contributed by atoms with Gasteiger partial charge in [0.05, 0.1) is 11.5 Å². The zero-order valence-corrected chi connectivity index (χ0v) is 10.8. The van der Waals surface area contributed by atoms with Crippen molar-refractivity contribution in [1.82, 2.24) is 0 Å². The molecule has 7 heteroatoms. The summed E-state index contributed by atoms with van der Waals surface area (Å²) in [6, 6.07) is 6.65. The first-order chi connectivity index (χ1) is 10.0. The number of nitro benzene ring substituents is 1. The Morgan fingerprint density at radius 3 is 2.57 bits per heavy atom. The fourth-order valence-corrected chi connectivity index (χ4v) is 1.75. The minimum absolute atomic E-state index is 0.0113. The summed E-state index contributed by atoms with van der Waals surface area (Å²) in [5.74, 6) is -1.04. The lowest BCUT2D eigenvalue weighted by molar-refractivity contribution is -0.385. The van der Waals surface area contributed by atoms with Gasteiger partial charge in [0.15, 0.2) is 0 Å². The Morgan fingerprint density at radius 1 is 1.14 bits per heavy atom. The Balaban J connectivity index is 2.19. The maximum absolute atomic E-state index is 13.4. The van der Waals surface area contributed by atoms with E-state index in [2.05, 4.69) is 0 Å². The number of hydrogen-bond acceptors (Lipinski definition) is 4. The number of halogens is 2. The Labute approximate surface area is 118 Å². The SMILES string of the molecule is O=[N+]([O-])c1ccc(OCc2cc(F)ccc2F)c(CO)c1. The molecule has 0 aliphatic heterocycles. The number of ether oxygens (including phenoxy) is 1. The van der Waals surface area contributed by atoms with Gasteiger partial charge in [-0.1, -0.05) is 0 Å². The molecule has 110 valence electrons. The second kappa shape index (κ2) is 6.27. The van der Waals surface area contributed by atoms with Crippen LogP contribution in [0.25, 0.3) is 0 Å². The quantitative estimate of drug-likeness (QED) is 0.680. The molecule has 0 aliphatic rings. The molecule has 2 aromatic carbocycles. The summed E-state index contributed by atoms with van der Waals surface area (Å²) >= 11 is 0. The first kappa shape index (κ1) is 14.9. The molecule has 0 radical (unpaired) electrons. The molecule has 0 bridgehead atoms. The molecular weight excluding hydrogens is 284 g/mol. The number of nitrogens with zero attached hydrogens (tertiary/aromatic N) is 1. The molecule has 0 spiro atoms. The number of benzene rings is 2. The third kappa shape index (κ3) is 3.51. The lowest BCUT2D eigenvalue weighted by atomic mass is 10.2. The largest absolute Gasteiger partial charge is 0.488 e. The molecule has 2 aromatic rings. The van der Waals surface area contributed by atoms with E-state index in [-0.39, 0.29) is 29.2 Å². The highest BCUT2D eigenvalue weighted by Crippen LogP contribution is 2.25. The van der Waals surface area contributed by atoms with E-state index < -0.39 is 23.2 Å². The fourth-order valence-electron chi connectivity index (χ4n) is 1.75. The third-order valence-corrected chi connectivity index (χ3v) is 2.82. The second-order valence-corrected chi connectivity index (χ2v) is 4.23. The van der Waals surface area contributed by atoms with Crippen molar-refractivity contribution in [2.45, 2.75) is 13.2 Å². The molecule has 0 aromatic heterocycles. The van der Waals surface area contributed by atoms with Crippen LogP contribution in [-0.2, 0) is 13.2 Å². The van der Waals surface area contributed by atoms with E-state index in [0.717, 1.165) is 24.3 Å². The zero-order valence-electron chi connectivity index (χ0n) is 10.8. The monoisotopic (exact) mass is 295 g/mol. The highest BCUT2D eigenvalue weighted by Gasteiger charge is 2.12. The topological polar surface area (TPSA) is 72.6 Å². The highest BCUT2D eigenvalue weighted by atomic mass is 19.1. The third-order valence-electron chi connectivity index (χ3n) is 2.82. The predicted octanol–water partition coefficient (Wildman–Crippen LogP) is 2.94. The Kier molecular flexibility index (Phi) is 4.44. The van der Waals surface area contributed by atoms with Gasteiger partial charge in [0, 0.05) is 23.3 Å². The van der Waals surface area contributed by atoms with Crippen molar-refractivity contribution in [1.29, 1.82) is 0 Å². The first-order valence-corrected chi connectivity index (χ1v) is 5.96. The highest BCUT2D eigenvalue weighted by molar-refractivity contribution is 5.43. The Bertz CT molecular complexity index is 676. The number of aliphatic hydroxyl groups excluding tert-OH is 1. The Morgan fingerprint density at radius 2 is 1.90 bits per heavy atom. The average molecular weight is 295 g/mol. The smallest absolute Gasteiger partial charge is 0.270 e. The molecule has 21 heavy (non-hydrogen) atoms. The van der Waals surface area contributed by atoms with E-state index >= 15 is 0 Å². The van der Waals surface area contributed by atoms with Crippen LogP contribution in [0.2, 0.25) is 0 Å². The van der Waals surface area contributed by atoms with Gasteiger partial charge in [-0.15, -0.1) is 0 Å². The zero-order chi connectivity index (χ0) is 15.4. The van der Waals surface area contributed by atoms with Gasteiger partial charge in [0.25, 0.3) is 5.69 Å². The maximum Gasteiger partial charge on any atom is 0.270 e. The molecular formula is C14H11F2NO4. The van der Waals surface area contributed by atoms with Gasteiger partial charge in [-0.2, -0.15) is 0 Å². The molecule has 1 N–H and O–H groups in total. The normalized spacial score (nSPS) is 10.4. The molecule has 0 atom stereocenters. The van der Waals surface area contributed by atoms with Crippen LogP contribution in [0.15, 0.2) is 36.4 Å². The van der Waals surface area contributed by atoms with Gasteiger partial charge in [-0.3, -0.25) is 10.1 Å². The van der Waals surface area contributed by atoms with E-state index in [1.165, 1.54) is 12.1 Å². The van der Waals surface area contributed by atoms with E-state index in [0.29, 0.717) is 0 Å².